The Balaban J connectivity index is 2.62. The second kappa shape index (κ2) is 5.37. The number of carbonyl (C=O) groups is 1. The average molecular weight is 316 g/mol. The summed E-state index contributed by atoms with van der Waals surface area (Å²) in [6, 6.07) is 1.71. The highest BCUT2D eigenvalue weighted by Gasteiger charge is 2.27. The maximum Gasteiger partial charge on any atom is 0.261 e. The fraction of sp³-hybridized carbons (Fsp3) is 0.500. The first-order valence-electron chi connectivity index (χ1n) is 6.58. The van der Waals surface area contributed by atoms with Gasteiger partial charge in [-0.15, -0.1) is 0 Å². The van der Waals surface area contributed by atoms with Crippen molar-refractivity contribution in [1.82, 2.24) is 4.90 Å². The number of likely N-dealkylation sites (tertiary alicyclic amines) is 1. The molecule has 1 fully saturated rings. The van der Waals surface area contributed by atoms with E-state index in [0.717, 1.165) is 31.5 Å². The Morgan fingerprint density at radius 2 is 1.70 bits per heavy atom. The van der Waals surface area contributed by atoms with Gasteiger partial charge in [-0.1, -0.05) is 6.07 Å². The van der Waals surface area contributed by atoms with E-state index in [1.807, 2.05) is 6.92 Å². The summed E-state index contributed by atoms with van der Waals surface area (Å²) < 4.78 is 23.4. The number of carbonyl (C=O) groups excluding carboxylic acids is 1. The first-order valence-corrected chi connectivity index (χ1v) is 8.89. The van der Waals surface area contributed by atoms with E-state index in [4.69, 9.17) is 10.7 Å². The molecule has 0 atom stereocenters. The van der Waals surface area contributed by atoms with E-state index >= 15 is 0 Å². The van der Waals surface area contributed by atoms with Gasteiger partial charge in [0.15, 0.2) is 0 Å². The van der Waals surface area contributed by atoms with E-state index in [9.17, 15) is 13.2 Å². The molecule has 0 unspecified atom stereocenters. The Bertz CT molecular complexity index is 661. The van der Waals surface area contributed by atoms with Crippen LogP contribution in [0.2, 0.25) is 0 Å². The van der Waals surface area contributed by atoms with E-state index in [1.165, 1.54) is 0 Å². The van der Waals surface area contributed by atoms with Gasteiger partial charge in [0.25, 0.3) is 15.0 Å². The Morgan fingerprint density at radius 1 is 1.15 bits per heavy atom. The molecule has 0 spiro atoms. The van der Waals surface area contributed by atoms with Gasteiger partial charge in [-0.25, -0.2) is 8.42 Å². The first kappa shape index (κ1) is 15.3. The molecule has 1 aromatic carbocycles. The molecule has 2 rings (SSSR count). The molecule has 0 bridgehead atoms. The zero-order chi connectivity index (χ0) is 15.1. The molecule has 0 aliphatic carbocycles. The molecule has 20 heavy (non-hydrogen) atoms. The molecule has 0 N–H and O–H groups in total. The van der Waals surface area contributed by atoms with Gasteiger partial charge >= 0.3 is 0 Å². The average Bonchev–Trinajstić information content (AvgIpc) is 2.78. The quantitative estimate of drug-likeness (QED) is 0.789. The van der Waals surface area contributed by atoms with Gasteiger partial charge in [0.1, 0.15) is 0 Å². The van der Waals surface area contributed by atoms with Crippen molar-refractivity contribution in [3.63, 3.8) is 0 Å². The molecule has 1 aromatic rings. The van der Waals surface area contributed by atoms with Crippen molar-refractivity contribution in [2.45, 2.75) is 38.5 Å². The second-order valence-electron chi connectivity index (χ2n) is 5.28. The summed E-state index contributed by atoms with van der Waals surface area (Å²) in [6.45, 7) is 6.63. The van der Waals surface area contributed by atoms with Crippen LogP contribution in [0.1, 0.15) is 39.9 Å². The first-order chi connectivity index (χ1) is 9.23. The fourth-order valence-electron chi connectivity index (χ4n) is 2.95. The fourth-order valence-corrected chi connectivity index (χ4v) is 4.57. The number of nitrogens with zero attached hydrogens (tertiary/aromatic N) is 1. The minimum absolute atomic E-state index is 0.0623. The van der Waals surface area contributed by atoms with E-state index in [-0.39, 0.29) is 10.8 Å². The lowest BCUT2D eigenvalue weighted by molar-refractivity contribution is 0.0791. The third-order valence-electron chi connectivity index (χ3n) is 3.75. The summed E-state index contributed by atoms with van der Waals surface area (Å²) in [5.74, 6) is -0.0981. The van der Waals surface area contributed by atoms with Crippen LogP contribution in [0, 0.1) is 20.8 Å². The number of benzene rings is 1. The Morgan fingerprint density at radius 3 is 2.20 bits per heavy atom. The molecule has 1 aliphatic heterocycles. The minimum atomic E-state index is -3.86. The summed E-state index contributed by atoms with van der Waals surface area (Å²) in [4.78, 5) is 14.4. The topological polar surface area (TPSA) is 54.5 Å². The van der Waals surface area contributed by atoms with Gasteiger partial charge in [0.05, 0.1) is 4.90 Å². The number of rotatable bonds is 2. The lowest BCUT2D eigenvalue weighted by Crippen LogP contribution is -2.29. The summed E-state index contributed by atoms with van der Waals surface area (Å²) in [5, 5.41) is 0. The molecule has 1 amide bonds. The third kappa shape index (κ3) is 2.69. The van der Waals surface area contributed by atoms with E-state index in [0.29, 0.717) is 16.7 Å². The Labute approximate surface area is 124 Å². The molecule has 1 aliphatic rings. The summed E-state index contributed by atoms with van der Waals surface area (Å²) in [7, 11) is 1.65. The molecule has 0 radical (unpaired) electrons. The van der Waals surface area contributed by atoms with Crippen LogP contribution in [0.25, 0.3) is 0 Å². The molecule has 0 saturated carbocycles. The van der Waals surface area contributed by atoms with Crippen LogP contribution < -0.4 is 0 Å². The van der Waals surface area contributed by atoms with Crippen molar-refractivity contribution >= 4 is 25.6 Å². The highest BCUT2D eigenvalue weighted by atomic mass is 35.7. The molecule has 4 nitrogen and oxygen atoms in total. The largest absolute Gasteiger partial charge is 0.339 e. The Hall–Kier alpha value is -1.07. The summed E-state index contributed by atoms with van der Waals surface area (Å²) in [6.07, 6.45) is 1.99. The van der Waals surface area contributed by atoms with Gasteiger partial charge in [0.2, 0.25) is 0 Å². The highest BCUT2D eigenvalue weighted by molar-refractivity contribution is 8.13. The van der Waals surface area contributed by atoms with Gasteiger partial charge in [0, 0.05) is 29.3 Å². The maximum absolute atomic E-state index is 12.6. The Kier molecular flexibility index (Phi) is 4.12. The third-order valence-corrected chi connectivity index (χ3v) is 5.33. The zero-order valence-electron chi connectivity index (χ0n) is 11.9. The van der Waals surface area contributed by atoms with Crippen LogP contribution >= 0.6 is 10.7 Å². The molecular weight excluding hydrogens is 298 g/mol. The summed E-state index contributed by atoms with van der Waals surface area (Å²) >= 11 is 0. The van der Waals surface area contributed by atoms with Gasteiger partial charge in [-0.3, -0.25) is 4.79 Å². The van der Waals surface area contributed by atoms with Crippen molar-refractivity contribution in [1.29, 1.82) is 0 Å². The van der Waals surface area contributed by atoms with Crippen LogP contribution in [0.3, 0.4) is 0 Å². The number of halogens is 1. The van der Waals surface area contributed by atoms with Crippen molar-refractivity contribution < 1.29 is 13.2 Å². The zero-order valence-corrected chi connectivity index (χ0v) is 13.4. The van der Waals surface area contributed by atoms with Crippen molar-refractivity contribution in [3.8, 4) is 0 Å². The molecular formula is C14H18ClNO3S. The predicted molar refractivity (Wildman–Crippen MR) is 78.8 cm³/mol. The van der Waals surface area contributed by atoms with E-state index in [2.05, 4.69) is 0 Å². The molecule has 1 saturated heterocycles. The van der Waals surface area contributed by atoms with Crippen molar-refractivity contribution in [3.05, 3.63) is 28.3 Å². The monoisotopic (exact) mass is 315 g/mol. The van der Waals surface area contributed by atoms with Gasteiger partial charge in [-0.05, 0) is 50.3 Å². The maximum atomic E-state index is 12.6. The van der Waals surface area contributed by atoms with Crippen LogP contribution in [-0.4, -0.2) is 32.3 Å². The standard InChI is InChI=1S/C14H18ClNO3S/c1-9-8-10(2)13(20(15,18)19)11(3)12(9)14(17)16-6-4-5-7-16/h8H,4-7H2,1-3H3. The minimum Gasteiger partial charge on any atom is -0.339 e. The summed E-state index contributed by atoms with van der Waals surface area (Å²) in [5.41, 5.74) is 2.29. The van der Waals surface area contributed by atoms with Crippen molar-refractivity contribution in [2.75, 3.05) is 13.1 Å². The highest BCUT2D eigenvalue weighted by Crippen LogP contribution is 2.30. The normalized spacial score (nSPS) is 15.7. The number of aryl methyl sites for hydroxylation is 2. The molecule has 110 valence electrons. The molecule has 0 aromatic heterocycles. The van der Waals surface area contributed by atoms with Crippen LogP contribution in [0.15, 0.2) is 11.0 Å². The lowest BCUT2D eigenvalue weighted by Gasteiger charge is -2.20. The van der Waals surface area contributed by atoms with Crippen LogP contribution in [0.4, 0.5) is 0 Å². The molecule has 6 heteroatoms. The SMILES string of the molecule is Cc1cc(C)c(S(=O)(=O)Cl)c(C)c1C(=O)N1CCCC1. The number of amides is 1. The van der Waals surface area contributed by atoms with Crippen molar-refractivity contribution in [2.24, 2.45) is 0 Å². The predicted octanol–water partition coefficient (Wildman–Crippen LogP) is 2.78. The smallest absolute Gasteiger partial charge is 0.261 e. The van der Waals surface area contributed by atoms with E-state index in [1.54, 1.807) is 24.8 Å². The van der Waals surface area contributed by atoms with Gasteiger partial charge in [-0.2, -0.15) is 0 Å². The van der Waals surface area contributed by atoms with E-state index < -0.39 is 9.05 Å². The lowest BCUT2D eigenvalue weighted by atomic mass is 9.98. The van der Waals surface area contributed by atoms with Gasteiger partial charge < -0.3 is 4.90 Å². The molecule has 1 heterocycles. The second-order valence-corrected chi connectivity index (χ2v) is 7.78. The number of hydrogen-bond donors (Lipinski definition) is 0. The number of hydrogen-bond acceptors (Lipinski definition) is 3. The van der Waals surface area contributed by atoms with Crippen LogP contribution in [-0.2, 0) is 9.05 Å². The van der Waals surface area contributed by atoms with Crippen LogP contribution in [0.5, 0.6) is 0 Å².